The lowest BCUT2D eigenvalue weighted by atomic mass is 10.1. The predicted octanol–water partition coefficient (Wildman–Crippen LogP) is 3.18. The van der Waals surface area contributed by atoms with Crippen molar-refractivity contribution in [2.75, 3.05) is 17.6 Å². The average molecular weight is 430 g/mol. The molecule has 0 heterocycles. The smallest absolute Gasteiger partial charge is 0.416 e. The van der Waals surface area contributed by atoms with Crippen LogP contribution in [0, 0.1) is 0 Å². The average Bonchev–Trinajstić information content (AvgIpc) is 2.65. The molecule has 0 spiro atoms. The first-order valence-corrected chi connectivity index (χ1v) is 10.4. The maximum Gasteiger partial charge on any atom is 0.416 e. The zero-order valence-electron chi connectivity index (χ0n) is 16.0. The normalized spacial score (nSPS) is 12.9. The zero-order valence-corrected chi connectivity index (χ0v) is 16.8. The van der Waals surface area contributed by atoms with Crippen LogP contribution in [-0.4, -0.2) is 33.7 Å². The molecule has 0 aromatic heterocycles. The van der Waals surface area contributed by atoms with Gasteiger partial charge in [0.05, 0.1) is 17.5 Å². The van der Waals surface area contributed by atoms with Gasteiger partial charge in [-0.2, -0.15) is 13.2 Å². The van der Waals surface area contributed by atoms with Gasteiger partial charge in [-0.1, -0.05) is 12.1 Å². The summed E-state index contributed by atoms with van der Waals surface area (Å²) < 4.78 is 67.9. The van der Waals surface area contributed by atoms with E-state index in [4.69, 9.17) is 4.74 Å². The Labute approximate surface area is 167 Å². The monoisotopic (exact) mass is 430 g/mol. The van der Waals surface area contributed by atoms with Crippen molar-refractivity contribution in [3.8, 4) is 5.75 Å². The predicted molar refractivity (Wildman–Crippen MR) is 103 cm³/mol. The fourth-order valence-corrected chi connectivity index (χ4v) is 2.88. The Morgan fingerprint density at radius 1 is 1.17 bits per heavy atom. The zero-order chi connectivity index (χ0) is 21.8. The van der Waals surface area contributed by atoms with Crippen LogP contribution in [0.1, 0.15) is 18.1 Å². The Balaban J connectivity index is 1.94. The highest BCUT2D eigenvalue weighted by Gasteiger charge is 2.30. The number of hydrogen-bond donors (Lipinski definition) is 1. The van der Waals surface area contributed by atoms with Crippen LogP contribution in [0.4, 0.5) is 18.9 Å². The second-order valence-corrected chi connectivity index (χ2v) is 8.41. The fraction of sp³-hybridized carbons (Fsp3) is 0.316. The Morgan fingerprint density at radius 2 is 1.79 bits per heavy atom. The van der Waals surface area contributed by atoms with Crippen LogP contribution in [0.5, 0.6) is 5.75 Å². The van der Waals surface area contributed by atoms with Gasteiger partial charge >= 0.3 is 6.18 Å². The fourth-order valence-electron chi connectivity index (χ4n) is 2.37. The molecule has 2 rings (SSSR count). The van der Waals surface area contributed by atoms with Gasteiger partial charge in [0.2, 0.25) is 10.0 Å². The summed E-state index contributed by atoms with van der Waals surface area (Å²) in [5.74, 6) is -0.155. The third kappa shape index (κ3) is 6.38. The topological polar surface area (TPSA) is 75.7 Å². The van der Waals surface area contributed by atoms with Crippen LogP contribution in [-0.2, 0) is 27.5 Å². The van der Waals surface area contributed by atoms with E-state index in [0.717, 1.165) is 22.7 Å². The summed E-state index contributed by atoms with van der Waals surface area (Å²) in [6, 6.07) is 10.8. The van der Waals surface area contributed by atoms with E-state index in [-0.39, 0.29) is 6.54 Å². The van der Waals surface area contributed by atoms with E-state index in [1.54, 1.807) is 0 Å². The van der Waals surface area contributed by atoms with E-state index >= 15 is 0 Å². The number of carbonyl (C=O) groups excluding carboxylic acids is 1. The number of benzene rings is 2. The molecule has 0 aliphatic carbocycles. The molecule has 0 bridgehead atoms. The van der Waals surface area contributed by atoms with Gasteiger partial charge in [-0.25, -0.2) is 8.42 Å². The SMILES string of the molecule is C[C@H](Oc1ccc(N(C)S(C)(=O)=O)cc1)C(=O)NCc1cccc(C(F)(F)F)c1. The lowest BCUT2D eigenvalue weighted by Crippen LogP contribution is -2.36. The maximum absolute atomic E-state index is 12.7. The summed E-state index contributed by atoms with van der Waals surface area (Å²) in [6.45, 7) is 1.42. The largest absolute Gasteiger partial charge is 0.481 e. The highest BCUT2D eigenvalue weighted by molar-refractivity contribution is 7.92. The second-order valence-electron chi connectivity index (χ2n) is 6.40. The maximum atomic E-state index is 12.7. The minimum atomic E-state index is -4.45. The molecule has 0 saturated carbocycles. The lowest BCUT2D eigenvalue weighted by Gasteiger charge is -2.18. The highest BCUT2D eigenvalue weighted by atomic mass is 32.2. The van der Waals surface area contributed by atoms with Crippen LogP contribution >= 0.6 is 0 Å². The molecular formula is C19H21F3N2O4S. The van der Waals surface area contributed by atoms with Crippen molar-refractivity contribution in [1.82, 2.24) is 5.32 Å². The summed E-state index contributed by atoms with van der Waals surface area (Å²) in [4.78, 5) is 12.2. The van der Waals surface area contributed by atoms with E-state index in [9.17, 15) is 26.4 Å². The molecule has 0 fully saturated rings. The number of nitrogens with zero attached hydrogens (tertiary/aromatic N) is 1. The van der Waals surface area contributed by atoms with Crippen molar-refractivity contribution >= 4 is 21.6 Å². The van der Waals surface area contributed by atoms with Gasteiger partial charge in [0.25, 0.3) is 5.91 Å². The molecule has 0 unspecified atom stereocenters. The molecule has 0 aliphatic heterocycles. The first-order chi connectivity index (χ1) is 13.4. The Morgan fingerprint density at radius 3 is 2.34 bits per heavy atom. The molecule has 0 radical (unpaired) electrons. The second kappa shape index (κ2) is 8.73. The van der Waals surface area contributed by atoms with Crippen molar-refractivity contribution in [3.63, 3.8) is 0 Å². The van der Waals surface area contributed by atoms with E-state index in [1.165, 1.54) is 50.4 Å². The van der Waals surface area contributed by atoms with Gasteiger partial charge in [0.1, 0.15) is 5.75 Å². The molecule has 10 heteroatoms. The molecule has 2 aromatic rings. The Hall–Kier alpha value is -2.75. The highest BCUT2D eigenvalue weighted by Crippen LogP contribution is 2.29. The number of alkyl halides is 3. The summed E-state index contributed by atoms with van der Waals surface area (Å²) in [5.41, 5.74) is -0.0391. The Kier molecular flexibility index (Phi) is 6.78. The molecular weight excluding hydrogens is 409 g/mol. The van der Waals surface area contributed by atoms with Crippen LogP contribution in [0.2, 0.25) is 0 Å². The van der Waals surface area contributed by atoms with Crippen LogP contribution in [0.3, 0.4) is 0 Å². The Bertz CT molecular complexity index is 960. The van der Waals surface area contributed by atoms with Crippen LogP contribution < -0.4 is 14.4 Å². The number of amides is 1. The number of nitrogens with one attached hydrogen (secondary N) is 1. The number of halogens is 3. The molecule has 0 aliphatic rings. The summed E-state index contributed by atoms with van der Waals surface area (Å²) in [5, 5.41) is 2.53. The third-order valence-corrected chi connectivity index (χ3v) is 5.31. The van der Waals surface area contributed by atoms with Gasteiger partial charge < -0.3 is 10.1 Å². The number of sulfonamides is 1. The quantitative estimate of drug-likeness (QED) is 0.732. The van der Waals surface area contributed by atoms with E-state index in [2.05, 4.69) is 5.32 Å². The van der Waals surface area contributed by atoms with Gasteiger partial charge in [-0.05, 0) is 48.9 Å². The van der Waals surface area contributed by atoms with Crippen molar-refractivity contribution in [2.24, 2.45) is 0 Å². The lowest BCUT2D eigenvalue weighted by molar-refractivity contribution is -0.137. The van der Waals surface area contributed by atoms with Gasteiger partial charge in [0.15, 0.2) is 6.10 Å². The van der Waals surface area contributed by atoms with Gasteiger partial charge in [0, 0.05) is 13.6 Å². The number of rotatable bonds is 7. The molecule has 0 saturated heterocycles. The van der Waals surface area contributed by atoms with E-state index < -0.39 is 33.8 Å². The molecule has 1 atom stereocenters. The minimum Gasteiger partial charge on any atom is -0.481 e. The van der Waals surface area contributed by atoms with Gasteiger partial charge in [-0.3, -0.25) is 9.10 Å². The van der Waals surface area contributed by atoms with Crippen LogP contribution in [0.15, 0.2) is 48.5 Å². The molecule has 1 N–H and O–H groups in total. The molecule has 2 aromatic carbocycles. The molecule has 29 heavy (non-hydrogen) atoms. The van der Waals surface area contributed by atoms with E-state index in [0.29, 0.717) is 17.0 Å². The molecule has 6 nitrogen and oxygen atoms in total. The molecule has 1 amide bonds. The summed E-state index contributed by atoms with van der Waals surface area (Å²) in [6.07, 6.45) is -4.28. The number of carbonyl (C=O) groups is 1. The first-order valence-electron chi connectivity index (χ1n) is 8.52. The van der Waals surface area contributed by atoms with Gasteiger partial charge in [-0.15, -0.1) is 0 Å². The standard InChI is InChI=1S/C19H21F3N2O4S/c1-13(28-17-9-7-16(8-10-17)24(2)29(3,26)27)18(25)23-12-14-5-4-6-15(11-14)19(20,21)22/h4-11,13H,12H2,1-3H3,(H,23,25)/t13-/m0/s1. The minimum absolute atomic E-state index is 0.0749. The van der Waals surface area contributed by atoms with Crippen molar-refractivity contribution in [1.29, 1.82) is 0 Å². The van der Waals surface area contributed by atoms with Crippen LogP contribution in [0.25, 0.3) is 0 Å². The van der Waals surface area contributed by atoms with Crippen molar-refractivity contribution < 1.29 is 31.1 Å². The molecule has 158 valence electrons. The van der Waals surface area contributed by atoms with Crippen molar-refractivity contribution in [3.05, 3.63) is 59.7 Å². The number of ether oxygens (including phenoxy) is 1. The summed E-state index contributed by atoms with van der Waals surface area (Å²) >= 11 is 0. The number of anilines is 1. The van der Waals surface area contributed by atoms with Crippen molar-refractivity contribution in [2.45, 2.75) is 25.7 Å². The number of hydrogen-bond acceptors (Lipinski definition) is 4. The van der Waals surface area contributed by atoms with E-state index in [1.807, 2.05) is 0 Å². The first kappa shape index (κ1) is 22.5. The summed E-state index contributed by atoms with van der Waals surface area (Å²) in [7, 11) is -1.98. The third-order valence-electron chi connectivity index (χ3n) is 4.10.